The fraction of sp³-hybridized carbons (Fsp3) is 0.923. The van der Waals surface area contributed by atoms with Crippen LogP contribution in [0.2, 0.25) is 19.1 Å². The first-order valence-corrected chi connectivity index (χ1v) is 10.1. The summed E-state index contributed by atoms with van der Waals surface area (Å²) < 4.78 is 40.9. The first-order chi connectivity index (χ1) is 8.69. The van der Waals surface area contributed by atoms with Crippen LogP contribution in [0.5, 0.6) is 0 Å². The highest BCUT2D eigenvalue weighted by molar-refractivity contribution is 6.72. The van der Waals surface area contributed by atoms with Crippen LogP contribution in [0.3, 0.4) is 0 Å². The fourth-order valence-electron chi connectivity index (χ4n) is 1.87. The molecule has 0 fully saturated rings. The average Bonchev–Trinajstić information content (AvgIpc) is 2.26. The molecule has 6 heteroatoms. The molecular formula is C13H25F3O2Si. The second kappa shape index (κ2) is 8.61. The van der Waals surface area contributed by atoms with E-state index in [9.17, 15) is 18.0 Å². The number of carbonyl (C=O) groups excluding carboxylic acids is 1. The van der Waals surface area contributed by atoms with Gasteiger partial charge in [0, 0.05) is 0 Å². The number of hydrogen-bond donors (Lipinski definition) is 0. The van der Waals surface area contributed by atoms with Gasteiger partial charge in [0.25, 0.3) is 0 Å². The first-order valence-electron chi connectivity index (χ1n) is 6.99. The van der Waals surface area contributed by atoms with Crippen LogP contribution in [0.1, 0.15) is 51.9 Å². The van der Waals surface area contributed by atoms with Crippen molar-refractivity contribution in [2.24, 2.45) is 0 Å². The largest absolute Gasteiger partial charge is 0.513 e. The minimum Gasteiger partial charge on any atom is -0.513 e. The van der Waals surface area contributed by atoms with Gasteiger partial charge in [0.2, 0.25) is 8.32 Å². The van der Waals surface area contributed by atoms with E-state index in [1.807, 2.05) is 0 Å². The molecule has 0 heterocycles. The quantitative estimate of drug-likeness (QED) is 0.440. The van der Waals surface area contributed by atoms with Crippen molar-refractivity contribution in [1.82, 2.24) is 0 Å². The van der Waals surface area contributed by atoms with E-state index in [4.69, 9.17) is 0 Å². The third-order valence-corrected chi connectivity index (χ3v) is 5.28. The van der Waals surface area contributed by atoms with Gasteiger partial charge < -0.3 is 4.43 Å². The molecule has 0 atom stereocenters. The van der Waals surface area contributed by atoms with Crippen LogP contribution in [0.25, 0.3) is 0 Å². The topological polar surface area (TPSA) is 26.3 Å². The highest BCUT2D eigenvalue weighted by atomic mass is 28.4. The van der Waals surface area contributed by atoms with Crippen molar-refractivity contribution in [1.29, 1.82) is 0 Å². The first kappa shape index (κ1) is 18.5. The molecule has 2 nitrogen and oxygen atoms in total. The number of carbonyl (C=O) groups is 1. The Bertz CT molecular complexity index is 265. The minimum absolute atomic E-state index is 0.600. The van der Waals surface area contributed by atoms with Gasteiger partial charge in [-0.2, -0.15) is 13.2 Å². The van der Waals surface area contributed by atoms with E-state index in [2.05, 4.69) is 11.3 Å². The van der Waals surface area contributed by atoms with Crippen molar-refractivity contribution in [2.75, 3.05) is 0 Å². The fourth-order valence-corrected chi connectivity index (χ4v) is 3.69. The lowest BCUT2D eigenvalue weighted by molar-refractivity contribution is -0.190. The summed E-state index contributed by atoms with van der Waals surface area (Å²) in [4.78, 5) is 10.8. The van der Waals surface area contributed by atoms with E-state index in [0.29, 0.717) is 6.04 Å². The maximum atomic E-state index is 12.1. The van der Waals surface area contributed by atoms with Crippen LogP contribution < -0.4 is 0 Å². The normalized spacial score (nSPS) is 12.5. The van der Waals surface area contributed by atoms with E-state index >= 15 is 0 Å². The van der Waals surface area contributed by atoms with E-state index in [1.54, 1.807) is 13.1 Å². The molecule has 0 aromatic rings. The van der Waals surface area contributed by atoms with Crippen LogP contribution in [0, 0.1) is 0 Å². The molecule has 0 aliphatic carbocycles. The Hall–Kier alpha value is -0.523. The monoisotopic (exact) mass is 298 g/mol. The van der Waals surface area contributed by atoms with E-state index in [1.165, 1.54) is 25.7 Å². The summed E-state index contributed by atoms with van der Waals surface area (Å²) in [5.41, 5.74) is 0. The Morgan fingerprint density at radius 1 is 1.00 bits per heavy atom. The second-order valence-corrected chi connectivity index (χ2v) is 9.74. The Labute approximate surface area is 114 Å². The van der Waals surface area contributed by atoms with Crippen molar-refractivity contribution in [2.45, 2.75) is 77.2 Å². The summed E-state index contributed by atoms with van der Waals surface area (Å²) in [7, 11) is -2.52. The molecular weight excluding hydrogens is 273 g/mol. The van der Waals surface area contributed by atoms with Gasteiger partial charge in [-0.25, -0.2) is 4.79 Å². The zero-order valence-corrected chi connectivity index (χ0v) is 13.1. The van der Waals surface area contributed by atoms with Gasteiger partial charge >= 0.3 is 12.1 Å². The van der Waals surface area contributed by atoms with E-state index in [-0.39, 0.29) is 0 Å². The summed E-state index contributed by atoms with van der Waals surface area (Å²) in [6.45, 7) is 5.48. The smallest absolute Gasteiger partial charge is 0.489 e. The zero-order valence-electron chi connectivity index (χ0n) is 12.1. The van der Waals surface area contributed by atoms with Crippen LogP contribution in [0.4, 0.5) is 13.2 Å². The number of halogens is 3. The SMILES string of the molecule is CCCCCCCCC[Si](C)(C)OC(=O)C(F)(F)F. The van der Waals surface area contributed by atoms with Gasteiger partial charge in [-0.15, -0.1) is 0 Å². The van der Waals surface area contributed by atoms with Crippen molar-refractivity contribution in [3.63, 3.8) is 0 Å². The molecule has 0 amide bonds. The standard InChI is InChI=1S/C13H25F3O2Si/c1-4-5-6-7-8-9-10-11-19(2,3)18-12(17)13(14,15)16/h4-11H2,1-3H3. The molecule has 0 bridgehead atoms. The Kier molecular flexibility index (Phi) is 8.37. The van der Waals surface area contributed by atoms with Crippen molar-refractivity contribution >= 4 is 14.3 Å². The molecule has 0 aliphatic heterocycles. The molecule has 0 N–H and O–H groups in total. The predicted octanol–water partition coefficient (Wildman–Crippen LogP) is 5.05. The number of unbranched alkanes of at least 4 members (excludes halogenated alkanes) is 6. The summed E-state index contributed by atoms with van der Waals surface area (Å²) >= 11 is 0. The molecule has 0 saturated heterocycles. The van der Waals surface area contributed by atoms with Crippen LogP contribution in [0.15, 0.2) is 0 Å². The summed E-state index contributed by atoms with van der Waals surface area (Å²) in [5.74, 6) is -2.04. The van der Waals surface area contributed by atoms with Gasteiger partial charge in [0.15, 0.2) is 0 Å². The van der Waals surface area contributed by atoms with E-state index in [0.717, 1.165) is 19.3 Å². The predicted molar refractivity (Wildman–Crippen MR) is 72.4 cm³/mol. The van der Waals surface area contributed by atoms with Crippen molar-refractivity contribution in [3.05, 3.63) is 0 Å². The second-order valence-electron chi connectivity index (χ2n) is 5.52. The maximum absolute atomic E-state index is 12.1. The third-order valence-electron chi connectivity index (χ3n) is 2.98. The highest BCUT2D eigenvalue weighted by Gasteiger charge is 2.44. The molecule has 0 saturated carbocycles. The maximum Gasteiger partial charge on any atom is 0.489 e. The third kappa shape index (κ3) is 9.98. The van der Waals surface area contributed by atoms with Crippen LogP contribution in [-0.4, -0.2) is 20.5 Å². The Balaban J connectivity index is 3.76. The van der Waals surface area contributed by atoms with Gasteiger partial charge in [0.05, 0.1) is 0 Å². The van der Waals surface area contributed by atoms with Gasteiger partial charge in [0.1, 0.15) is 0 Å². The number of hydrogen-bond acceptors (Lipinski definition) is 2. The van der Waals surface area contributed by atoms with Crippen molar-refractivity contribution in [3.8, 4) is 0 Å². The summed E-state index contributed by atoms with van der Waals surface area (Å²) in [5, 5.41) is 0. The minimum atomic E-state index is -4.87. The molecule has 0 rings (SSSR count). The van der Waals surface area contributed by atoms with Gasteiger partial charge in [-0.1, -0.05) is 51.9 Å². The van der Waals surface area contributed by atoms with Crippen molar-refractivity contribution < 1.29 is 22.4 Å². The molecule has 19 heavy (non-hydrogen) atoms. The van der Waals surface area contributed by atoms with E-state index < -0.39 is 20.5 Å². The van der Waals surface area contributed by atoms with Gasteiger partial charge in [-0.3, -0.25) is 0 Å². The summed E-state index contributed by atoms with van der Waals surface area (Å²) in [6, 6.07) is 0.600. The molecule has 114 valence electrons. The lowest BCUT2D eigenvalue weighted by Crippen LogP contribution is -2.39. The molecule has 0 aromatic carbocycles. The molecule has 0 unspecified atom stereocenters. The molecule has 0 spiro atoms. The Morgan fingerprint density at radius 2 is 1.47 bits per heavy atom. The molecule has 0 aromatic heterocycles. The molecule has 0 aliphatic rings. The summed E-state index contributed by atoms with van der Waals surface area (Å²) in [6.07, 6.45) is 2.93. The number of alkyl halides is 3. The number of rotatable bonds is 9. The lowest BCUT2D eigenvalue weighted by atomic mass is 10.1. The Morgan fingerprint density at radius 3 is 1.95 bits per heavy atom. The zero-order chi connectivity index (χ0) is 14.9. The average molecular weight is 298 g/mol. The van der Waals surface area contributed by atoms with Gasteiger partial charge in [-0.05, 0) is 19.1 Å². The highest BCUT2D eigenvalue weighted by Crippen LogP contribution is 2.23. The van der Waals surface area contributed by atoms with Crippen LogP contribution in [-0.2, 0) is 9.22 Å². The van der Waals surface area contributed by atoms with Crippen LogP contribution >= 0.6 is 0 Å². The lowest BCUT2D eigenvalue weighted by Gasteiger charge is -2.23. The molecule has 0 radical (unpaired) electrons.